The molecule has 7 nitrogen and oxygen atoms in total. The molecule has 1 heterocycles. The van der Waals surface area contributed by atoms with Crippen LogP contribution >= 0.6 is 0 Å². The highest BCUT2D eigenvalue weighted by atomic mass is 32.2. The van der Waals surface area contributed by atoms with E-state index in [-0.39, 0.29) is 23.3 Å². The first-order valence-electron chi connectivity index (χ1n) is 7.23. The molecular formula is C14H20N2O5S. The molecule has 0 amide bonds. The van der Waals surface area contributed by atoms with Crippen LogP contribution in [-0.4, -0.2) is 38.8 Å². The fraction of sp³-hybridized carbons (Fsp3) is 0.571. The predicted octanol–water partition coefficient (Wildman–Crippen LogP) is 2.32. The molecule has 0 radical (unpaired) electrons. The Labute approximate surface area is 130 Å². The molecule has 1 atom stereocenters. The molecule has 0 aromatic heterocycles. The van der Waals surface area contributed by atoms with E-state index < -0.39 is 10.1 Å². The van der Waals surface area contributed by atoms with Gasteiger partial charge in [-0.25, -0.2) is 0 Å². The van der Waals surface area contributed by atoms with Gasteiger partial charge in [-0.3, -0.25) is 14.3 Å². The number of rotatable bonds is 6. The SMILES string of the molecule is CS(=O)(=O)OCCC1CCCCN1c1ccccc1[N+](=O)[O-]. The lowest BCUT2D eigenvalue weighted by molar-refractivity contribution is -0.384. The van der Waals surface area contributed by atoms with Crippen molar-refractivity contribution in [3.05, 3.63) is 34.4 Å². The number of benzene rings is 1. The second-order valence-electron chi connectivity index (χ2n) is 5.40. The van der Waals surface area contributed by atoms with Gasteiger partial charge in [-0.1, -0.05) is 12.1 Å². The number of nitro groups is 1. The summed E-state index contributed by atoms with van der Waals surface area (Å²) in [6, 6.07) is 6.72. The van der Waals surface area contributed by atoms with E-state index in [9.17, 15) is 18.5 Å². The molecule has 0 saturated carbocycles. The van der Waals surface area contributed by atoms with Crippen LogP contribution in [0.1, 0.15) is 25.7 Å². The van der Waals surface area contributed by atoms with Crippen molar-refractivity contribution in [3.63, 3.8) is 0 Å². The minimum atomic E-state index is -3.46. The number of para-hydroxylation sites is 2. The third kappa shape index (κ3) is 4.41. The Morgan fingerprint density at radius 2 is 2.09 bits per heavy atom. The average Bonchev–Trinajstić information content (AvgIpc) is 2.46. The van der Waals surface area contributed by atoms with Crippen LogP contribution in [0.5, 0.6) is 0 Å². The summed E-state index contributed by atoms with van der Waals surface area (Å²) in [6.07, 6.45) is 4.42. The summed E-state index contributed by atoms with van der Waals surface area (Å²) in [6.45, 7) is 0.828. The van der Waals surface area contributed by atoms with Crippen molar-refractivity contribution < 1.29 is 17.5 Å². The summed E-state index contributed by atoms with van der Waals surface area (Å²) in [5.74, 6) is 0. The molecule has 8 heteroatoms. The Kier molecular flexibility index (Phi) is 5.36. The number of nitro benzene ring substituents is 1. The first kappa shape index (κ1) is 16.7. The predicted molar refractivity (Wildman–Crippen MR) is 83.5 cm³/mol. The lowest BCUT2D eigenvalue weighted by atomic mass is 9.98. The largest absolute Gasteiger partial charge is 0.363 e. The van der Waals surface area contributed by atoms with E-state index in [0.29, 0.717) is 12.1 Å². The molecule has 0 aliphatic carbocycles. The summed E-state index contributed by atoms with van der Waals surface area (Å²) in [7, 11) is -3.46. The van der Waals surface area contributed by atoms with Gasteiger partial charge in [0.05, 0.1) is 17.8 Å². The van der Waals surface area contributed by atoms with Crippen LogP contribution in [0.2, 0.25) is 0 Å². The van der Waals surface area contributed by atoms with Crippen LogP contribution in [-0.2, 0) is 14.3 Å². The number of hydrogen-bond acceptors (Lipinski definition) is 6. The molecule has 1 aromatic rings. The lowest BCUT2D eigenvalue weighted by Gasteiger charge is -2.37. The maximum absolute atomic E-state index is 11.2. The molecule has 1 aliphatic heterocycles. The quantitative estimate of drug-likeness (QED) is 0.452. The molecular weight excluding hydrogens is 308 g/mol. The summed E-state index contributed by atoms with van der Waals surface area (Å²) in [5.41, 5.74) is 0.676. The van der Waals surface area contributed by atoms with E-state index >= 15 is 0 Å². The van der Waals surface area contributed by atoms with Gasteiger partial charge in [0.1, 0.15) is 5.69 Å². The zero-order valence-corrected chi connectivity index (χ0v) is 13.3. The fourth-order valence-electron chi connectivity index (χ4n) is 2.81. The minimum Gasteiger partial charge on any atom is -0.363 e. The monoisotopic (exact) mass is 328 g/mol. The zero-order valence-electron chi connectivity index (χ0n) is 12.5. The van der Waals surface area contributed by atoms with Crippen molar-refractivity contribution in [3.8, 4) is 0 Å². The molecule has 1 fully saturated rings. The molecule has 0 spiro atoms. The number of nitrogens with zero attached hydrogens (tertiary/aromatic N) is 2. The van der Waals surface area contributed by atoms with Gasteiger partial charge in [0.15, 0.2) is 0 Å². The van der Waals surface area contributed by atoms with Crippen LogP contribution in [0.15, 0.2) is 24.3 Å². The summed E-state index contributed by atoms with van der Waals surface area (Å²) >= 11 is 0. The van der Waals surface area contributed by atoms with Gasteiger partial charge < -0.3 is 4.90 Å². The highest BCUT2D eigenvalue weighted by Crippen LogP contribution is 2.33. The van der Waals surface area contributed by atoms with Gasteiger partial charge >= 0.3 is 0 Å². The van der Waals surface area contributed by atoms with E-state index in [4.69, 9.17) is 4.18 Å². The highest BCUT2D eigenvalue weighted by molar-refractivity contribution is 7.85. The van der Waals surface area contributed by atoms with Crippen LogP contribution in [0.25, 0.3) is 0 Å². The van der Waals surface area contributed by atoms with Crippen LogP contribution < -0.4 is 4.90 Å². The summed E-state index contributed by atoms with van der Waals surface area (Å²) in [4.78, 5) is 12.8. The summed E-state index contributed by atoms with van der Waals surface area (Å²) < 4.78 is 26.9. The molecule has 1 saturated heterocycles. The first-order chi connectivity index (χ1) is 10.4. The van der Waals surface area contributed by atoms with E-state index in [1.165, 1.54) is 6.07 Å². The average molecular weight is 328 g/mol. The number of anilines is 1. The van der Waals surface area contributed by atoms with E-state index in [1.54, 1.807) is 18.2 Å². The smallest absolute Gasteiger partial charge is 0.292 e. The highest BCUT2D eigenvalue weighted by Gasteiger charge is 2.27. The topological polar surface area (TPSA) is 89.8 Å². The zero-order chi connectivity index (χ0) is 16.2. The Balaban J connectivity index is 2.14. The van der Waals surface area contributed by atoms with Crippen molar-refractivity contribution in [2.75, 3.05) is 24.3 Å². The maximum Gasteiger partial charge on any atom is 0.292 e. The third-order valence-electron chi connectivity index (χ3n) is 3.76. The van der Waals surface area contributed by atoms with Gasteiger partial charge in [0.25, 0.3) is 15.8 Å². The minimum absolute atomic E-state index is 0.0524. The first-order valence-corrected chi connectivity index (χ1v) is 9.04. The van der Waals surface area contributed by atoms with Crippen LogP contribution in [0, 0.1) is 10.1 Å². The van der Waals surface area contributed by atoms with E-state index in [2.05, 4.69) is 0 Å². The second-order valence-corrected chi connectivity index (χ2v) is 7.05. The molecule has 0 bridgehead atoms. The van der Waals surface area contributed by atoms with Crippen molar-refractivity contribution in [1.29, 1.82) is 0 Å². The molecule has 1 aromatic carbocycles. The van der Waals surface area contributed by atoms with E-state index in [0.717, 1.165) is 32.1 Å². The van der Waals surface area contributed by atoms with Gasteiger partial charge in [0, 0.05) is 18.7 Å². The molecule has 1 unspecified atom stereocenters. The number of hydrogen-bond donors (Lipinski definition) is 0. The van der Waals surface area contributed by atoms with Crippen LogP contribution in [0.3, 0.4) is 0 Å². The standard InChI is InChI=1S/C14H20N2O5S/c1-22(19,20)21-11-9-12-6-4-5-10-15(12)13-7-2-3-8-14(13)16(17)18/h2-3,7-8,12H,4-6,9-11H2,1H3. The molecule has 1 aliphatic rings. The lowest BCUT2D eigenvalue weighted by Crippen LogP contribution is -2.40. The van der Waals surface area contributed by atoms with Gasteiger partial charge in [-0.2, -0.15) is 8.42 Å². The maximum atomic E-state index is 11.2. The van der Waals surface area contributed by atoms with Gasteiger partial charge in [-0.05, 0) is 31.7 Å². The second kappa shape index (κ2) is 7.06. The van der Waals surface area contributed by atoms with E-state index in [1.807, 2.05) is 4.90 Å². The molecule has 0 N–H and O–H groups in total. The van der Waals surface area contributed by atoms with Gasteiger partial charge in [-0.15, -0.1) is 0 Å². The Hall–Kier alpha value is -1.67. The van der Waals surface area contributed by atoms with Crippen molar-refractivity contribution in [1.82, 2.24) is 0 Å². The molecule has 22 heavy (non-hydrogen) atoms. The fourth-order valence-corrected chi connectivity index (χ4v) is 3.21. The molecule has 2 rings (SSSR count). The molecule has 122 valence electrons. The van der Waals surface area contributed by atoms with Crippen molar-refractivity contribution in [2.24, 2.45) is 0 Å². The Morgan fingerprint density at radius 3 is 2.77 bits per heavy atom. The van der Waals surface area contributed by atoms with Crippen molar-refractivity contribution in [2.45, 2.75) is 31.7 Å². The van der Waals surface area contributed by atoms with Crippen molar-refractivity contribution >= 4 is 21.5 Å². The van der Waals surface area contributed by atoms with Gasteiger partial charge in [0.2, 0.25) is 0 Å². The van der Waals surface area contributed by atoms with Crippen LogP contribution in [0.4, 0.5) is 11.4 Å². The number of piperidine rings is 1. The summed E-state index contributed by atoms with van der Waals surface area (Å²) in [5, 5.41) is 11.2. The Morgan fingerprint density at radius 1 is 1.36 bits per heavy atom. The third-order valence-corrected chi connectivity index (χ3v) is 4.36. The Bertz CT molecular complexity index is 632. The normalized spacial score (nSPS) is 19.1.